The molecule has 0 bridgehead atoms. The Morgan fingerprint density at radius 1 is 1.44 bits per heavy atom. The van der Waals surface area contributed by atoms with Gasteiger partial charge in [0.2, 0.25) is 0 Å². The van der Waals surface area contributed by atoms with Crippen molar-refractivity contribution >= 4 is 11.8 Å². The number of carbonyl (C=O) groups excluding carboxylic acids is 2. The minimum absolute atomic E-state index is 0.306. The van der Waals surface area contributed by atoms with Crippen LogP contribution in [0.2, 0.25) is 0 Å². The first-order chi connectivity index (χ1) is 8.68. The number of hydrogen-bond donors (Lipinski definition) is 3. The molecule has 2 amide bonds. The molecule has 0 aromatic carbocycles. The van der Waals surface area contributed by atoms with Crippen LogP contribution >= 0.6 is 0 Å². The lowest BCUT2D eigenvalue weighted by molar-refractivity contribution is -0.146. The van der Waals surface area contributed by atoms with E-state index in [-0.39, 0.29) is 6.04 Å². The van der Waals surface area contributed by atoms with Gasteiger partial charge < -0.3 is 20.5 Å². The zero-order chi connectivity index (χ0) is 13.0. The molecule has 98 valence electrons. The van der Waals surface area contributed by atoms with E-state index in [0.717, 1.165) is 13.1 Å². The van der Waals surface area contributed by atoms with Gasteiger partial charge in [-0.15, -0.1) is 0 Å². The third-order valence-corrected chi connectivity index (χ3v) is 2.88. The smallest absolute Gasteiger partial charge is 0.311 e. The Balaban J connectivity index is 1.89. The van der Waals surface area contributed by atoms with E-state index in [0.29, 0.717) is 18.9 Å². The summed E-state index contributed by atoms with van der Waals surface area (Å²) < 4.78 is 0. The number of imidazole rings is 1. The molecule has 1 fully saturated rings. The number of aromatic nitrogens is 2. The van der Waals surface area contributed by atoms with Crippen molar-refractivity contribution in [3.05, 3.63) is 18.2 Å². The van der Waals surface area contributed by atoms with Crippen molar-refractivity contribution in [2.24, 2.45) is 0 Å². The van der Waals surface area contributed by atoms with E-state index in [1.54, 1.807) is 24.2 Å². The van der Waals surface area contributed by atoms with E-state index in [1.807, 2.05) is 0 Å². The lowest BCUT2D eigenvalue weighted by atomic mass is 10.3. The van der Waals surface area contributed by atoms with Crippen LogP contribution in [0.1, 0.15) is 18.8 Å². The minimum Gasteiger partial charge on any atom is -0.347 e. The van der Waals surface area contributed by atoms with E-state index < -0.39 is 11.8 Å². The summed E-state index contributed by atoms with van der Waals surface area (Å²) >= 11 is 0. The Hall–Kier alpha value is -1.89. The monoisotopic (exact) mass is 251 g/mol. The van der Waals surface area contributed by atoms with Gasteiger partial charge >= 0.3 is 11.8 Å². The molecule has 18 heavy (non-hydrogen) atoms. The number of piperazine rings is 1. The molecule has 0 radical (unpaired) electrons. The number of amides is 2. The average molecular weight is 251 g/mol. The van der Waals surface area contributed by atoms with Crippen molar-refractivity contribution in [1.82, 2.24) is 25.5 Å². The summed E-state index contributed by atoms with van der Waals surface area (Å²) in [5.41, 5.74) is 0. The highest BCUT2D eigenvalue weighted by atomic mass is 16.2. The van der Waals surface area contributed by atoms with Crippen molar-refractivity contribution in [2.45, 2.75) is 13.0 Å². The summed E-state index contributed by atoms with van der Waals surface area (Å²) in [7, 11) is 0. The number of nitrogens with one attached hydrogen (secondary N) is 3. The number of aromatic amines is 1. The minimum atomic E-state index is -0.583. The highest BCUT2D eigenvalue weighted by Gasteiger charge is 2.24. The van der Waals surface area contributed by atoms with Crippen molar-refractivity contribution in [1.29, 1.82) is 0 Å². The number of carbonyl (C=O) groups is 2. The van der Waals surface area contributed by atoms with E-state index in [2.05, 4.69) is 20.6 Å². The van der Waals surface area contributed by atoms with Gasteiger partial charge in [0, 0.05) is 38.6 Å². The normalized spacial score (nSPS) is 17.3. The highest BCUT2D eigenvalue weighted by Crippen LogP contribution is 2.05. The highest BCUT2D eigenvalue weighted by molar-refractivity contribution is 6.35. The lowest BCUT2D eigenvalue weighted by Crippen LogP contribution is -2.51. The van der Waals surface area contributed by atoms with Gasteiger partial charge in [0.25, 0.3) is 0 Å². The maximum absolute atomic E-state index is 11.9. The van der Waals surface area contributed by atoms with Crippen LogP contribution in [0.4, 0.5) is 0 Å². The van der Waals surface area contributed by atoms with Gasteiger partial charge in [-0.3, -0.25) is 9.59 Å². The van der Waals surface area contributed by atoms with Gasteiger partial charge in [-0.25, -0.2) is 4.98 Å². The van der Waals surface area contributed by atoms with E-state index >= 15 is 0 Å². The van der Waals surface area contributed by atoms with Crippen LogP contribution in [0.3, 0.4) is 0 Å². The molecule has 1 aliphatic heterocycles. The second-order valence-corrected chi connectivity index (χ2v) is 4.21. The molecule has 1 saturated heterocycles. The zero-order valence-corrected chi connectivity index (χ0v) is 10.3. The molecular formula is C11H17N5O2. The van der Waals surface area contributed by atoms with Crippen LogP contribution < -0.4 is 10.6 Å². The maximum Gasteiger partial charge on any atom is 0.311 e. The first-order valence-corrected chi connectivity index (χ1v) is 5.98. The van der Waals surface area contributed by atoms with Gasteiger partial charge in [-0.1, -0.05) is 0 Å². The van der Waals surface area contributed by atoms with Crippen LogP contribution in [0.25, 0.3) is 0 Å². The molecule has 0 spiro atoms. The summed E-state index contributed by atoms with van der Waals surface area (Å²) in [6, 6.07) is -0.306. The quantitative estimate of drug-likeness (QED) is 0.589. The zero-order valence-electron chi connectivity index (χ0n) is 10.3. The molecule has 1 aliphatic rings. The SMILES string of the molecule is CC(NC(=O)C(=O)N1CCNCC1)c1ncc[nH]1. The summed E-state index contributed by atoms with van der Waals surface area (Å²) in [5, 5.41) is 5.77. The standard InChI is InChI=1S/C11H17N5O2/c1-8(9-13-2-3-14-9)15-10(17)11(18)16-6-4-12-5-7-16/h2-3,8,12H,4-7H2,1H3,(H,13,14)(H,15,17). The second kappa shape index (κ2) is 5.63. The van der Waals surface area contributed by atoms with E-state index in [4.69, 9.17) is 0 Å². The van der Waals surface area contributed by atoms with Crippen LogP contribution in [0.5, 0.6) is 0 Å². The molecule has 2 rings (SSSR count). The number of H-pyrrole nitrogens is 1. The summed E-state index contributed by atoms with van der Waals surface area (Å²) in [6.45, 7) is 4.38. The van der Waals surface area contributed by atoms with Gasteiger partial charge in [-0.05, 0) is 6.92 Å². The topological polar surface area (TPSA) is 90.1 Å². The molecule has 0 aliphatic carbocycles. The fourth-order valence-electron chi connectivity index (χ4n) is 1.85. The van der Waals surface area contributed by atoms with Crippen LogP contribution in [-0.2, 0) is 9.59 Å². The first-order valence-electron chi connectivity index (χ1n) is 5.98. The Morgan fingerprint density at radius 3 is 2.78 bits per heavy atom. The van der Waals surface area contributed by atoms with Gasteiger partial charge in [0.1, 0.15) is 5.82 Å². The molecule has 7 heteroatoms. The van der Waals surface area contributed by atoms with Gasteiger partial charge in [-0.2, -0.15) is 0 Å². The molecule has 1 aromatic heterocycles. The second-order valence-electron chi connectivity index (χ2n) is 4.21. The molecule has 0 saturated carbocycles. The fraction of sp³-hybridized carbons (Fsp3) is 0.545. The number of nitrogens with zero attached hydrogens (tertiary/aromatic N) is 2. The van der Waals surface area contributed by atoms with E-state index in [1.165, 1.54) is 0 Å². The third kappa shape index (κ3) is 2.86. The predicted molar refractivity (Wildman–Crippen MR) is 64.6 cm³/mol. The molecule has 7 nitrogen and oxygen atoms in total. The first kappa shape index (κ1) is 12.6. The summed E-state index contributed by atoms with van der Waals surface area (Å²) in [6.07, 6.45) is 3.28. The third-order valence-electron chi connectivity index (χ3n) is 2.88. The molecular weight excluding hydrogens is 234 g/mol. The Morgan fingerprint density at radius 2 is 2.17 bits per heavy atom. The van der Waals surface area contributed by atoms with Gasteiger partial charge in [0.15, 0.2) is 0 Å². The number of hydrogen-bond acceptors (Lipinski definition) is 4. The van der Waals surface area contributed by atoms with E-state index in [9.17, 15) is 9.59 Å². The predicted octanol–water partition coefficient (Wildman–Crippen LogP) is -0.981. The summed E-state index contributed by atoms with van der Waals surface area (Å²) in [5.74, 6) is -0.424. The molecule has 3 N–H and O–H groups in total. The molecule has 1 unspecified atom stereocenters. The van der Waals surface area contributed by atoms with Crippen molar-refractivity contribution in [3.8, 4) is 0 Å². The van der Waals surface area contributed by atoms with Crippen molar-refractivity contribution in [2.75, 3.05) is 26.2 Å². The van der Waals surface area contributed by atoms with Crippen LogP contribution in [-0.4, -0.2) is 52.9 Å². The Labute approximate surface area is 105 Å². The van der Waals surface area contributed by atoms with Crippen molar-refractivity contribution in [3.63, 3.8) is 0 Å². The molecule has 2 heterocycles. The van der Waals surface area contributed by atoms with Gasteiger partial charge in [0.05, 0.1) is 6.04 Å². The van der Waals surface area contributed by atoms with Crippen molar-refractivity contribution < 1.29 is 9.59 Å². The van der Waals surface area contributed by atoms with Crippen LogP contribution in [0.15, 0.2) is 12.4 Å². The maximum atomic E-state index is 11.9. The molecule has 1 aromatic rings. The van der Waals surface area contributed by atoms with Crippen LogP contribution in [0, 0.1) is 0 Å². The average Bonchev–Trinajstić information content (AvgIpc) is 2.92. The number of rotatable bonds is 2. The Kier molecular flexibility index (Phi) is 3.93. The Bertz CT molecular complexity index is 411. The largest absolute Gasteiger partial charge is 0.347 e. The lowest BCUT2D eigenvalue weighted by Gasteiger charge is -2.27. The fourth-order valence-corrected chi connectivity index (χ4v) is 1.85. The molecule has 1 atom stereocenters. The summed E-state index contributed by atoms with van der Waals surface area (Å²) in [4.78, 5) is 32.1.